The Labute approximate surface area is 111 Å². The first-order valence-corrected chi connectivity index (χ1v) is 6.92. The summed E-state index contributed by atoms with van der Waals surface area (Å²) in [7, 11) is -2.42. The molecule has 0 bridgehead atoms. The van der Waals surface area contributed by atoms with Gasteiger partial charge in [-0.05, 0) is 25.1 Å². The van der Waals surface area contributed by atoms with Gasteiger partial charge in [0.1, 0.15) is 0 Å². The maximum absolute atomic E-state index is 12.2. The number of carbonyl (C=O) groups is 1. The first-order valence-electron chi connectivity index (χ1n) is 5.48. The van der Waals surface area contributed by atoms with Gasteiger partial charge in [-0.3, -0.25) is 0 Å². The third-order valence-electron chi connectivity index (χ3n) is 2.54. The van der Waals surface area contributed by atoms with Crippen molar-refractivity contribution < 1.29 is 18.3 Å². The molecule has 0 saturated heterocycles. The van der Waals surface area contributed by atoms with Crippen molar-refractivity contribution in [1.82, 2.24) is 4.31 Å². The van der Waals surface area contributed by atoms with E-state index in [-0.39, 0.29) is 17.0 Å². The summed E-state index contributed by atoms with van der Waals surface area (Å²) in [4.78, 5) is 10.7. The second-order valence-electron chi connectivity index (χ2n) is 4.15. The summed E-state index contributed by atoms with van der Waals surface area (Å²) in [5, 5.41) is 17.5. The van der Waals surface area contributed by atoms with Crippen molar-refractivity contribution in [2.45, 2.75) is 11.8 Å². The van der Waals surface area contributed by atoms with Crippen LogP contribution in [0.4, 0.5) is 0 Å². The third-order valence-corrected chi connectivity index (χ3v) is 4.36. The summed E-state index contributed by atoms with van der Waals surface area (Å²) in [5.41, 5.74) is -0.0946. The molecule has 7 heteroatoms. The fraction of sp³-hybridized carbons (Fsp3) is 0.333. The summed E-state index contributed by atoms with van der Waals surface area (Å²) in [6, 6.07) is 7.07. The molecule has 0 fully saturated rings. The highest BCUT2D eigenvalue weighted by molar-refractivity contribution is 7.89. The zero-order valence-electron chi connectivity index (χ0n) is 10.6. The molecule has 1 unspecified atom stereocenters. The maximum Gasteiger partial charge on any atom is 0.335 e. The molecule has 0 aliphatic carbocycles. The van der Waals surface area contributed by atoms with Crippen LogP contribution < -0.4 is 0 Å². The van der Waals surface area contributed by atoms with Gasteiger partial charge in [-0.25, -0.2) is 13.2 Å². The van der Waals surface area contributed by atoms with E-state index in [0.29, 0.717) is 0 Å². The van der Waals surface area contributed by atoms with Gasteiger partial charge in [0.15, 0.2) is 0 Å². The second kappa shape index (κ2) is 5.82. The molecule has 6 nitrogen and oxygen atoms in total. The van der Waals surface area contributed by atoms with Crippen LogP contribution in [0.5, 0.6) is 0 Å². The molecule has 1 aromatic carbocycles. The molecule has 0 heterocycles. The van der Waals surface area contributed by atoms with Crippen molar-refractivity contribution in [2.24, 2.45) is 5.92 Å². The Morgan fingerprint density at radius 3 is 2.68 bits per heavy atom. The minimum Gasteiger partial charge on any atom is -0.478 e. The van der Waals surface area contributed by atoms with Crippen molar-refractivity contribution in [1.29, 1.82) is 5.26 Å². The largest absolute Gasteiger partial charge is 0.478 e. The highest BCUT2D eigenvalue weighted by Crippen LogP contribution is 2.17. The lowest BCUT2D eigenvalue weighted by Crippen LogP contribution is -2.30. The van der Waals surface area contributed by atoms with Gasteiger partial charge in [-0.1, -0.05) is 6.07 Å². The molecule has 1 aromatic rings. The molecular weight excluding hydrogens is 268 g/mol. The Morgan fingerprint density at radius 1 is 1.53 bits per heavy atom. The fourth-order valence-corrected chi connectivity index (χ4v) is 2.80. The van der Waals surface area contributed by atoms with Gasteiger partial charge in [-0.2, -0.15) is 9.57 Å². The quantitative estimate of drug-likeness (QED) is 0.873. The molecule has 19 heavy (non-hydrogen) atoms. The average Bonchev–Trinajstić information content (AvgIpc) is 2.38. The van der Waals surface area contributed by atoms with Crippen LogP contribution in [-0.4, -0.2) is 37.4 Å². The molecule has 1 N–H and O–H groups in total. The second-order valence-corrected chi connectivity index (χ2v) is 6.19. The topological polar surface area (TPSA) is 98.5 Å². The highest BCUT2D eigenvalue weighted by Gasteiger charge is 2.23. The predicted octanol–water partition coefficient (Wildman–Crippen LogP) is 1.16. The zero-order chi connectivity index (χ0) is 14.6. The number of hydrogen-bond donors (Lipinski definition) is 1. The molecule has 1 rings (SSSR count). The van der Waals surface area contributed by atoms with E-state index in [0.717, 1.165) is 10.4 Å². The first kappa shape index (κ1) is 15.1. The number of carboxylic acid groups (broad SMARTS) is 1. The van der Waals surface area contributed by atoms with Crippen LogP contribution >= 0.6 is 0 Å². The van der Waals surface area contributed by atoms with E-state index in [1.807, 2.05) is 6.07 Å². The van der Waals surface area contributed by atoms with Crippen LogP contribution in [0.1, 0.15) is 17.3 Å². The number of carboxylic acids is 1. The van der Waals surface area contributed by atoms with Crippen LogP contribution in [0.3, 0.4) is 0 Å². The lowest BCUT2D eigenvalue weighted by atomic mass is 10.2. The first-order chi connectivity index (χ1) is 8.78. The van der Waals surface area contributed by atoms with Crippen molar-refractivity contribution in [3.05, 3.63) is 29.8 Å². The van der Waals surface area contributed by atoms with Gasteiger partial charge in [0.25, 0.3) is 0 Å². The van der Waals surface area contributed by atoms with Crippen molar-refractivity contribution in [3.63, 3.8) is 0 Å². The predicted molar refractivity (Wildman–Crippen MR) is 68.0 cm³/mol. The molecule has 1 atom stereocenters. The molecule has 0 saturated carbocycles. The van der Waals surface area contributed by atoms with E-state index in [4.69, 9.17) is 10.4 Å². The Kier molecular flexibility index (Phi) is 4.64. The summed E-state index contributed by atoms with van der Waals surface area (Å²) in [6.45, 7) is 1.66. The standard InChI is InChI=1S/C12H14N2O4S/c1-9(7-13)8-14(2)19(17,18)11-5-3-4-10(6-11)12(15)16/h3-6,9H,8H2,1-2H3,(H,15,16). The number of hydrogen-bond acceptors (Lipinski definition) is 4. The Morgan fingerprint density at radius 2 is 2.16 bits per heavy atom. The van der Waals surface area contributed by atoms with Crippen molar-refractivity contribution in [3.8, 4) is 6.07 Å². The van der Waals surface area contributed by atoms with Crippen LogP contribution in [0, 0.1) is 17.2 Å². The van der Waals surface area contributed by atoms with Crippen molar-refractivity contribution in [2.75, 3.05) is 13.6 Å². The van der Waals surface area contributed by atoms with Gasteiger partial charge >= 0.3 is 5.97 Å². The van der Waals surface area contributed by atoms with E-state index < -0.39 is 21.9 Å². The van der Waals surface area contributed by atoms with Crippen molar-refractivity contribution >= 4 is 16.0 Å². The van der Waals surface area contributed by atoms with E-state index >= 15 is 0 Å². The zero-order valence-corrected chi connectivity index (χ0v) is 11.4. The van der Waals surface area contributed by atoms with Gasteiger partial charge in [0.05, 0.1) is 22.4 Å². The molecule has 0 amide bonds. The van der Waals surface area contributed by atoms with E-state index in [1.54, 1.807) is 6.92 Å². The fourth-order valence-electron chi connectivity index (χ4n) is 1.49. The number of rotatable bonds is 5. The Balaban J connectivity index is 3.10. The summed E-state index contributed by atoms with van der Waals surface area (Å²) >= 11 is 0. The SMILES string of the molecule is CC(C#N)CN(C)S(=O)(=O)c1cccc(C(=O)O)c1. The highest BCUT2D eigenvalue weighted by atomic mass is 32.2. The molecule has 102 valence electrons. The molecule has 0 aliphatic rings. The third kappa shape index (κ3) is 3.53. The average molecular weight is 282 g/mol. The lowest BCUT2D eigenvalue weighted by molar-refractivity contribution is 0.0696. The number of nitrogens with zero attached hydrogens (tertiary/aromatic N) is 2. The van der Waals surface area contributed by atoms with Gasteiger partial charge in [0, 0.05) is 13.6 Å². The number of benzene rings is 1. The van der Waals surface area contributed by atoms with Gasteiger partial charge in [0.2, 0.25) is 10.0 Å². The number of sulfonamides is 1. The van der Waals surface area contributed by atoms with E-state index in [9.17, 15) is 13.2 Å². The molecule has 0 radical (unpaired) electrons. The lowest BCUT2D eigenvalue weighted by Gasteiger charge is -2.18. The minimum absolute atomic E-state index is 0.0517. The number of aromatic carboxylic acids is 1. The number of nitriles is 1. The molecule has 0 aliphatic heterocycles. The monoisotopic (exact) mass is 282 g/mol. The van der Waals surface area contributed by atoms with Crippen LogP contribution in [0.2, 0.25) is 0 Å². The van der Waals surface area contributed by atoms with Gasteiger partial charge < -0.3 is 5.11 Å². The van der Waals surface area contributed by atoms with Crippen LogP contribution in [-0.2, 0) is 10.0 Å². The molecule has 0 spiro atoms. The van der Waals surface area contributed by atoms with Gasteiger partial charge in [-0.15, -0.1) is 0 Å². The minimum atomic E-state index is -3.78. The molecule has 0 aromatic heterocycles. The summed E-state index contributed by atoms with van der Waals surface area (Å²) < 4.78 is 25.4. The van der Waals surface area contributed by atoms with Crippen LogP contribution in [0.15, 0.2) is 29.2 Å². The summed E-state index contributed by atoms with van der Waals surface area (Å²) in [5.74, 6) is -1.63. The Hall–Kier alpha value is -1.91. The van der Waals surface area contributed by atoms with E-state index in [1.165, 1.54) is 25.2 Å². The molecular formula is C12H14N2O4S. The van der Waals surface area contributed by atoms with E-state index in [2.05, 4.69) is 0 Å². The van der Waals surface area contributed by atoms with Crippen LogP contribution in [0.25, 0.3) is 0 Å². The normalized spacial score (nSPS) is 12.9. The smallest absolute Gasteiger partial charge is 0.335 e. The Bertz CT molecular complexity index is 619. The summed E-state index contributed by atoms with van der Waals surface area (Å²) in [6.07, 6.45) is 0. The maximum atomic E-state index is 12.2.